The van der Waals surface area contributed by atoms with Gasteiger partial charge in [0.1, 0.15) is 0 Å². The van der Waals surface area contributed by atoms with E-state index in [1.807, 2.05) is 18.2 Å². The molecule has 0 saturated carbocycles. The van der Waals surface area contributed by atoms with E-state index in [9.17, 15) is 8.42 Å². The van der Waals surface area contributed by atoms with Gasteiger partial charge in [-0.1, -0.05) is 25.5 Å². The third-order valence-electron chi connectivity index (χ3n) is 3.76. The zero-order valence-electron chi connectivity index (χ0n) is 12.1. The molecular weight excluding hydrogens is 272 g/mol. The molecule has 1 unspecified atom stereocenters. The quantitative estimate of drug-likeness (QED) is 0.848. The number of hydrogen-bond acceptors (Lipinski definition) is 3. The fourth-order valence-electron chi connectivity index (χ4n) is 2.55. The molecule has 1 fully saturated rings. The van der Waals surface area contributed by atoms with Crippen molar-refractivity contribution in [3.63, 3.8) is 0 Å². The number of rotatable bonds is 6. The first-order chi connectivity index (χ1) is 9.59. The van der Waals surface area contributed by atoms with Crippen molar-refractivity contribution in [1.29, 1.82) is 0 Å². The molecule has 0 radical (unpaired) electrons. The Hall–Kier alpha value is -1.07. The Kier molecular flexibility index (Phi) is 5.43. The summed E-state index contributed by atoms with van der Waals surface area (Å²) in [7, 11) is -3.25. The summed E-state index contributed by atoms with van der Waals surface area (Å²) in [6, 6.07) is 7.94. The van der Waals surface area contributed by atoms with E-state index >= 15 is 0 Å². The van der Waals surface area contributed by atoms with Crippen LogP contribution in [0.1, 0.15) is 38.2 Å². The second kappa shape index (κ2) is 7.09. The Bertz CT molecular complexity index is 522. The molecule has 5 heteroatoms. The maximum absolute atomic E-state index is 12.1. The van der Waals surface area contributed by atoms with E-state index in [0.29, 0.717) is 18.2 Å². The van der Waals surface area contributed by atoms with Crippen molar-refractivity contribution in [1.82, 2.24) is 5.32 Å². The highest BCUT2D eigenvalue weighted by Gasteiger charge is 2.17. The third-order valence-corrected chi connectivity index (χ3v) is 5.08. The minimum Gasteiger partial charge on any atom is -0.314 e. The summed E-state index contributed by atoms with van der Waals surface area (Å²) in [5, 5.41) is 3.38. The molecule has 112 valence electrons. The molecule has 1 aliphatic heterocycles. The topological polar surface area (TPSA) is 58.2 Å². The molecule has 0 amide bonds. The molecule has 0 spiro atoms. The van der Waals surface area contributed by atoms with Gasteiger partial charge in [-0.2, -0.15) is 0 Å². The second-order valence-corrected chi connectivity index (χ2v) is 7.25. The van der Waals surface area contributed by atoms with Crippen LogP contribution in [0.5, 0.6) is 0 Å². The number of benzene rings is 1. The van der Waals surface area contributed by atoms with E-state index in [4.69, 9.17) is 0 Å². The van der Waals surface area contributed by atoms with Crippen molar-refractivity contribution in [3.05, 3.63) is 29.8 Å². The molecule has 1 atom stereocenters. The monoisotopic (exact) mass is 296 g/mol. The zero-order chi connectivity index (χ0) is 14.4. The Labute approximate surface area is 122 Å². The molecule has 0 aliphatic carbocycles. The maximum atomic E-state index is 12.1. The van der Waals surface area contributed by atoms with Gasteiger partial charge in [-0.15, -0.1) is 0 Å². The van der Waals surface area contributed by atoms with E-state index in [1.54, 1.807) is 6.07 Å². The SMILES string of the molecule is CCc1cccc(NS(=O)(=O)CCC2CCCCN2)c1. The van der Waals surface area contributed by atoms with Crippen LogP contribution in [0.25, 0.3) is 0 Å². The number of hydrogen-bond donors (Lipinski definition) is 2. The molecule has 2 N–H and O–H groups in total. The van der Waals surface area contributed by atoms with Gasteiger partial charge in [-0.05, 0) is 49.9 Å². The van der Waals surface area contributed by atoms with Crippen LogP contribution >= 0.6 is 0 Å². The van der Waals surface area contributed by atoms with E-state index in [1.165, 1.54) is 12.8 Å². The van der Waals surface area contributed by atoms with Crippen LogP contribution in [0.3, 0.4) is 0 Å². The van der Waals surface area contributed by atoms with E-state index in [0.717, 1.165) is 24.9 Å². The van der Waals surface area contributed by atoms with Gasteiger partial charge in [0.15, 0.2) is 0 Å². The van der Waals surface area contributed by atoms with Crippen molar-refractivity contribution >= 4 is 15.7 Å². The van der Waals surface area contributed by atoms with Gasteiger partial charge in [0.25, 0.3) is 0 Å². The standard InChI is InChI=1S/C15H24N2O2S/c1-2-13-6-5-8-15(12-13)17-20(18,19)11-9-14-7-3-4-10-16-14/h5-6,8,12,14,16-17H,2-4,7,9-11H2,1H3. The molecule has 20 heavy (non-hydrogen) atoms. The number of sulfonamides is 1. The Balaban J connectivity index is 1.89. The van der Waals surface area contributed by atoms with Crippen LogP contribution in [-0.4, -0.2) is 26.8 Å². The smallest absolute Gasteiger partial charge is 0.232 e. The summed E-state index contributed by atoms with van der Waals surface area (Å²) in [5.41, 5.74) is 1.81. The first-order valence-electron chi connectivity index (χ1n) is 7.42. The van der Waals surface area contributed by atoms with Crippen molar-refractivity contribution in [3.8, 4) is 0 Å². The van der Waals surface area contributed by atoms with Gasteiger partial charge in [0.2, 0.25) is 10.0 Å². The van der Waals surface area contributed by atoms with Crippen molar-refractivity contribution in [2.24, 2.45) is 0 Å². The number of nitrogens with one attached hydrogen (secondary N) is 2. The second-order valence-electron chi connectivity index (χ2n) is 5.41. The van der Waals surface area contributed by atoms with Gasteiger partial charge in [-0.25, -0.2) is 8.42 Å². The van der Waals surface area contributed by atoms with Gasteiger partial charge in [0.05, 0.1) is 5.75 Å². The average molecular weight is 296 g/mol. The summed E-state index contributed by atoms with van der Waals surface area (Å²) in [6.45, 7) is 3.07. The zero-order valence-corrected chi connectivity index (χ0v) is 12.9. The van der Waals surface area contributed by atoms with Gasteiger partial charge >= 0.3 is 0 Å². The van der Waals surface area contributed by atoms with Crippen molar-refractivity contribution in [2.75, 3.05) is 17.0 Å². The molecule has 1 aromatic carbocycles. The fraction of sp³-hybridized carbons (Fsp3) is 0.600. The van der Waals surface area contributed by atoms with E-state index < -0.39 is 10.0 Å². The number of aryl methyl sites for hydroxylation is 1. The van der Waals surface area contributed by atoms with Gasteiger partial charge in [0, 0.05) is 11.7 Å². The molecule has 4 nitrogen and oxygen atoms in total. The highest BCUT2D eigenvalue weighted by atomic mass is 32.2. The molecular formula is C15H24N2O2S. The summed E-state index contributed by atoms with van der Waals surface area (Å²) >= 11 is 0. The lowest BCUT2D eigenvalue weighted by Crippen LogP contribution is -2.36. The Morgan fingerprint density at radius 3 is 2.90 bits per heavy atom. The molecule has 0 aromatic heterocycles. The lowest BCUT2D eigenvalue weighted by atomic mass is 10.0. The molecule has 1 aromatic rings. The van der Waals surface area contributed by atoms with Crippen LogP contribution in [0.2, 0.25) is 0 Å². The van der Waals surface area contributed by atoms with Crippen LogP contribution < -0.4 is 10.0 Å². The summed E-state index contributed by atoms with van der Waals surface area (Å²) < 4.78 is 26.9. The molecule has 1 saturated heterocycles. The predicted octanol–water partition coefficient (Wildman–Crippen LogP) is 2.52. The lowest BCUT2D eigenvalue weighted by molar-refractivity contribution is 0.393. The first kappa shape index (κ1) is 15.3. The number of anilines is 1. The van der Waals surface area contributed by atoms with Gasteiger partial charge < -0.3 is 5.32 Å². The Morgan fingerprint density at radius 1 is 1.35 bits per heavy atom. The fourth-order valence-corrected chi connectivity index (χ4v) is 3.74. The molecule has 0 bridgehead atoms. The summed E-state index contributed by atoms with van der Waals surface area (Å²) in [5.74, 6) is 0.182. The van der Waals surface area contributed by atoms with Crippen LogP contribution in [-0.2, 0) is 16.4 Å². The third kappa shape index (κ3) is 4.80. The largest absolute Gasteiger partial charge is 0.314 e. The first-order valence-corrected chi connectivity index (χ1v) is 9.07. The molecule has 1 heterocycles. The minimum absolute atomic E-state index is 0.182. The van der Waals surface area contributed by atoms with Crippen LogP contribution in [0, 0.1) is 0 Å². The predicted molar refractivity (Wildman–Crippen MR) is 83.5 cm³/mol. The number of piperidine rings is 1. The van der Waals surface area contributed by atoms with E-state index in [2.05, 4.69) is 17.0 Å². The van der Waals surface area contributed by atoms with Crippen LogP contribution in [0.15, 0.2) is 24.3 Å². The summed E-state index contributed by atoms with van der Waals surface area (Å²) in [6.07, 6.45) is 5.07. The molecule has 2 rings (SSSR count). The summed E-state index contributed by atoms with van der Waals surface area (Å²) in [4.78, 5) is 0. The minimum atomic E-state index is -3.25. The normalized spacial score (nSPS) is 19.8. The van der Waals surface area contributed by atoms with Crippen molar-refractivity contribution < 1.29 is 8.42 Å². The van der Waals surface area contributed by atoms with Gasteiger partial charge in [-0.3, -0.25) is 4.72 Å². The highest BCUT2D eigenvalue weighted by molar-refractivity contribution is 7.92. The maximum Gasteiger partial charge on any atom is 0.232 e. The van der Waals surface area contributed by atoms with E-state index in [-0.39, 0.29) is 5.75 Å². The van der Waals surface area contributed by atoms with Crippen LogP contribution in [0.4, 0.5) is 5.69 Å². The Morgan fingerprint density at radius 2 is 2.20 bits per heavy atom. The molecule has 1 aliphatic rings. The average Bonchev–Trinajstić information content (AvgIpc) is 2.46. The highest BCUT2D eigenvalue weighted by Crippen LogP contribution is 2.15. The van der Waals surface area contributed by atoms with Crippen molar-refractivity contribution in [2.45, 2.75) is 45.1 Å². The lowest BCUT2D eigenvalue weighted by Gasteiger charge is -2.23.